The standard InChI is InChI=1S/C20H40O.C18H36O.C16H32O.C14H28O.C12H24O.C10H20O.C8H16O/c1-2-3-4-5-6-7-8-9-10-11-12-13-14-15-16-17-18-20-19-21-20;1-2-3-4-5-6-7-8-9-10-11-12-13-14-15-16-18-17-19-18;1-2-3-4-5-6-7-8-9-10-11-12-13-14-16-15-17-16;1-2-3-4-5-6-7-8-9-10-11-12-14-13-15-14;1-2-3-4-5-6-7-8-9-10-12-11-13-12;1-2-3-4-5-6-7-8-10-9-11-10;1-2-3-4-5-6-8-7-9-8/h20H,2-19H2,1H3;18H,2-17H2,1H3;16H,2-15H2,1H3;14H,2-13H2,1H3;12H,2-11H2,1H3;10H,2-9H2,1H3;8H,2-7H2,1H3. The molecule has 7 nitrogen and oxygen atoms in total. The first-order chi connectivity index (χ1) is 52.0. The Morgan fingerprint density at radius 2 is 0.181 bits per heavy atom. The maximum atomic E-state index is 5.23. The SMILES string of the molecule is CCCCCCC1CO1.CCCCCCCCC1CO1.CCCCCCCCCCC1CO1.CCCCCCCCCCCCC1CO1.CCCCCCCCCCCCCCC1CO1.CCCCCCCCCCCCCCCCC1CO1.CCCCCCCCCCCCCCCCCCC1CO1. The summed E-state index contributed by atoms with van der Waals surface area (Å²) in [7, 11) is 0. The van der Waals surface area contributed by atoms with Gasteiger partial charge in [0.25, 0.3) is 0 Å². The Balaban J connectivity index is 0.000000621. The van der Waals surface area contributed by atoms with Crippen LogP contribution in [0, 0.1) is 0 Å². The fourth-order valence-corrected chi connectivity index (χ4v) is 14.7. The molecule has 0 spiro atoms. The van der Waals surface area contributed by atoms with E-state index in [-0.39, 0.29) is 0 Å². The lowest BCUT2D eigenvalue weighted by atomic mass is 10.0. The summed E-state index contributed by atoms with van der Waals surface area (Å²) in [6.07, 6.45) is 114. The molecule has 7 aliphatic rings. The highest BCUT2D eigenvalue weighted by molar-refractivity contribution is 4.73. The van der Waals surface area contributed by atoms with Gasteiger partial charge < -0.3 is 33.2 Å². The van der Waals surface area contributed by atoms with Crippen LogP contribution in [-0.2, 0) is 33.2 Å². The Morgan fingerprint density at radius 3 is 0.257 bits per heavy atom. The van der Waals surface area contributed by atoms with Gasteiger partial charge in [-0.25, -0.2) is 0 Å². The van der Waals surface area contributed by atoms with Gasteiger partial charge in [0.1, 0.15) is 0 Å². The average Bonchev–Trinajstić information content (AvgIpc) is 4.72. The summed E-state index contributed by atoms with van der Waals surface area (Å²) in [5, 5.41) is 0. The summed E-state index contributed by atoms with van der Waals surface area (Å²) in [4.78, 5) is 0. The Bertz CT molecular complexity index is 1530. The number of unbranched alkanes of at least 4 members (excludes halogenated alkanes) is 63. The van der Waals surface area contributed by atoms with Crippen LogP contribution >= 0.6 is 0 Å². The van der Waals surface area contributed by atoms with Gasteiger partial charge in [-0.15, -0.1) is 0 Å². The second-order valence-electron chi connectivity index (χ2n) is 34.5. The first-order valence-corrected chi connectivity index (χ1v) is 49.3. The van der Waals surface area contributed by atoms with Crippen LogP contribution in [0.4, 0.5) is 0 Å². The normalized spacial score (nSPS) is 19.4. The van der Waals surface area contributed by atoms with Gasteiger partial charge in [-0.05, 0) is 44.9 Å². The van der Waals surface area contributed by atoms with Crippen LogP contribution in [0.1, 0.15) is 543 Å². The molecule has 0 aromatic heterocycles. The van der Waals surface area contributed by atoms with Crippen LogP contribution in [0.15, 0.2) is 0 Å². The lowest BCUT2D eigenvalue weighted by Gasteiger charge is -2.03. The van der Waals surface area contributed by atoms with Crippen molar-refractivity contribution in [3.63, 3.8) is 0 Å². The number of epoxide rings is 7. The molecule has 105 heavy (non-hydrogen) atoms. The number of hydrogen-bond acceptors (Lipinski definition) is 7. The van der Waals surface area contributed by atoms with Crippen molar-refractivity contribution in [3.8, 4) is 0 Å². The molecule has 7 aliphatic heterocycles. The third-order valence-corrected chi connectivity index (χ3v) is 23.0. The predicted molar refractivity (Wildman–Crippen MR) is 463 cm³/mol. The van der Waals surface area contributed by atoms with Crippen molar-refractivity contribution in [2.24, 2.45) is 0 Å². The molecule has 7 heteroatoms. The van der Waals surface area contributed by atoms with Crippen molar-refractivity contribution in [1.82, 2.24) is 0 Å². The minimum Gasteiger partial charge on any atom is -0.373 e. The smallest absolute Gasteiger partial charge is 0.0810 e. The fraction of sp³-hybridized carbons (Fsp3) is 1.00. The zero-order valence-electron chi connectivity index (χ0n) is 73.3. The molecule has 7 saturated heterocycles. The van der Waals surface area contributed by atoms with E-state index < -0.39 is 0 Å². The van der Waals surface area contributed by atoms with Crippen molar-refractivity contribution in [2.45, 2.75) is 586 Å². The molecule has 7 unspecified atom stereocenters. The number of rotatable bonds is 77. The molecule has 0 aliphatic carbocycles. The van der Waals surface area contributed by atoms with Gasteiger partial charge in [0.05, 0.1) is 89.0 Å². The van der Waals surface area contributed by atoms with Gasteiger partial charge in [-0.1, -0.05) is 498 Å². The van der Waals surface area contributed by atoms with Crippen LogP contribution in [0.25, 0.3) is 0 Å². The Morgan fingerprint density at radius 1 is 0.114 bits per heavy atom. The van der Waals surface area contributed by atoms with Crippen LogP contribution in [0.5, 0.6) is 0 Å². The lowest BCUT2D eigenvalue weighted by molar-refractivity contribution is 0.387. The van der Waals surface area contributed by atoms with E-state index in [1.807, 2.05) is 0 Å². The molecule has 0 bridgehead atoms. The monoisotopic (exact) mass is 1490 g/mol. The van der Waals surface area contributed by atoms with Crippen molar-refractivity contribution in [2.75, 3.05) is 46.2 Å². The summed E-state index contributed by atoms with van der Waals surface area (Å²) >= 11 is 0. The highest BCUT2D eigenvalue weighted by atomic mass is 16.6. The van der Waals surface area contributed by atoms with E-state index in [2.05, 4.69) is 48.5 Å². The highest BCUT2D eigenvalue weighted by Gasteiger charge is 2.25. The Labute approximate surface area is 661 Å². The van der Waals surface area contributed by atoms with Crippen LogP contribution in [-0.4, -0.2) is 89.0 Å². The van der Waals surface area contributed by atoms with E-state index in [4.69, 9.17) is 33.2 Å². The van der Waals surface area contributed by atoms with E-state index in [0.717, 1.165) is 46.2 Å². The minimum atomic E-state index is 0.650. The van der Waals surface area contributed by atoms with Crippen molar-refractivity contribution in [1.29, 1.82) is 0 Å². The fourth-order valence-electron chi connectivity index (χ4n) is 14.7. The molecule has 7 rings (SSSR count). The molecule has 630 valence electrons. The van der Waals surface area contributed by atoms with E-state index in [1.54, 1.807) is 0 Å². The Kier molecular flexibility index (Phi) is 85.8. The summed E-state index contributed by atoms with van der Waals surface area (Å²) in [5.41, 5.74) is 0. The quantitative estimate of drug-likeness (QED) is 0.0443. The van der Waals surface area contributed by atoms with Crippen LogP contribution in [0.2, 0.25) is 0 Å². The zero-order chi connectivity index (χ0) is 75.4. The number of ether oxygens (including phenoxy) is 7. The van der Waals surface area contributed by atoms with E-state index in [0.29, 0.717) is 42.7 Å². The van der Waals surface area contributed by atoms with Gasteiger partial charge in [0.2, 0.25) is 0 Å². The lowest BCUT2D eigenvalue weighted by Crippen LogP contribution is -1.86. The summed E-state index contributed by atoms with van der Waals surface area (Å²) < 4.78 is 36.2. The maximum absolute atomic E-state index is 5.23. The molecule has 7 fully saturated rings. The molecule has 0 aromatic rings. The first kappa shape index (κ1) is 103. The van der Waals surface area contributed by atoms with Crippen LogP contribution < -0.4 is 0 Å². The molecule has 7 heterocycles. The van der Waals surface area contributed by atoms with Crippen molar-refractivity contribution in [3.05, 3.63) is 0 Å². The average molecular weight is 1490 g/mol. The van der Waals surface area contributed by atoms with Crippen molar-refractivity contribution >= 4 is 0 Å². The first-order valence-electron chi connectivity index (χ1n) is 49.3. The molecular weight excluding hydrogens is 1290 g/mol. The summed E-state index contributed by atoms with van der Waals surface area (Å²) in [6.45, 7) is 23.2. The molecule has 7 atom stereocenters. The molecule has 0 N–H and O–H groups in total. The second kappa shape index (κ2) is 87.7. The van der Waals surface area contributed by atoms with Crippen LogP contribution in [0.3, 0.4) is 0 Å². The number of hydrogen-bond donors (Lipinski definition) is 0. The Hall–Kier alpha value is -0.280. The van der Waals surface area contributed by atoms with Gasteiger partial charge in [-0.2, -0.15) is 0 Å². The molecule has 0 radical (unpaired) electrons. The molecule has 0 saturated carbocycles. The van der Waals surface area contributed by atoms with E-state index in [9.17, 15) is 0 Å². The summed E-state index contributed by atoms with van der Waals surface area (Å²) in [6, 6.07) is 0. The molecule has 0 amide bonds. The highest BCUT2D eigenvalue weighted by Crippen LogP contribution is 2.25. The van der Waals surface area contributed by atoms with Crippen molar-refractivity contribution < 1.29 is 33.2 Å². The van der Waals surface area contributed by atoms with Gasteiger partial charge >= 0.3 is 0 Å². The van der Waals surface area contributed by atoms with E-state index >= 15 is 0 Å². The third kappa shape index (κ3) is 97.9. The topological polar surface area (TPSA) is 87.7 Å². The maximum Gasteiger partial charge on any atom is 0.0810 e. The summed E-state index contributed by atoms with van der Waals surface area (Å²) in [5.74, 6) is 0. The largest absolute Gasteiger partial charge is 0.373 e. The zero-order valence-corrected chi connectivity index (χ0v) is 73.3. The third-order valence-electron chi connectivity index (χ3n) is 23.0. The minimum absolute atomic E-state index is 0.650. The molecule has 0 aromatic carbocycles. The van der Waals surface area contributed by atoms with Gasteiger partial charge in [0, 0.05) is 0 Å². The molecular formula is C98H196O7. The second-order valence-corrected chi connectivity index (χ2v) is 34.5. The van der Waals surface area contributed by atoms with Gasteiger partial charge in [0.15, 0.2) is 0 Å². The predicted octanol–water partition coefficient (Wildman–Crippen LogP) is 32.9. The van der Waals surface area contributed by atoms with E-state index in [1.165, 1.54) is 494 Å². The van der Waals surface area contributed by atoms with Gasteiger partial charge in [-0.3, -0.25) is 0 Å².